The van der Waals surface area contributed by atoms with Crippen molar-refractivity contribution in [1.82, 2.24) is 19.5 Å². The van der Waals surface area contributed by atoms with Gasteiger partial charge in [0.2, 0.25) is 5.95 Å². The number of rotatable bonds is 24. The Labute approximate surface area is 234 Å². The topological polar surface area (TPSA) is 136 Å². The van der Waals surface area contributed by atoms with Gasteiger partial charge in [0.25, 0.3) is 5.56 Å². The lowest BCUT2D eigenvalue weighted by molar-refractivity contribution is -0.144. The first-order chi connectivity index (χ1) is 19.0. The van der Waals surface area contributed by atoms with Gasteiger partial charge in [0.1, 0.15) is 0 Å². The van der Waals surface area contributed by atoms with Gasteiger partial charge in [-0.3, -0.25) is 14.6 Å². The Balaban J connectivity index is 1.41. The van der Waals surface area contributed by atoms with Crippen LogP contribution in [0.4, 0.5) is 5.95 Å². The zero-order valence-electron chi connectivity index (χ0n) is 24.3. The second-order valence-corrected chi connectivity index (χ2v) is 11.0. The first kappa shape index (κ1) is 32.8. The number of anilines is 1. The van der Waals surface area contributed by atoms with Gasteiger partial charge in [0.05, 0.1) is 12.9 Å². The van der Waals surface area contributed by atoms with Crippen LogP contribution < -0.4 is 11.3 Å². The van der Waals surface area contributed by atoms with Crippen molar-refractivity contribution in [2.75, 3.05) is 18.9 Å². The molecule has 222 valence electrons. The number of aromatic amines is 1. The molecule has 9 nitrogen and oxygen atoms in total. The maximum atomic E-state index is 12.1. The van der Waals surface area contributed by atoms with Gasteiger partial charge in [-0.2, -0.15) is 4.98 Å². The van der Waals surface area contributed by atoms with Gasteiger partial charge < -0.3 is 20.1 Å². The molecule has 0 amide bonds. The summed E-state index contributed by atoms with van der Waals surface area (Å²) in [6.07, 6.45) is 24.8. The minimum Gasteiger partial charge on any atom is -0.466 e. The molecular weight excluding hydrogens is 494 g/mol. The monoisotopic (exact) mass is 547 g/mol. The highest BCUT2D eigenvalue weighted by Gasteiger charge is 2.15. The number of H-pyrrole nitrogens is 1. The average Bonchev–Trinajstić information content (AvgIpc) is 3.32. The van der Waals surface area contributed by atoms with Crippen LogP contribution in [0.25, 0.3) is 11.2 Å². The van der Waals surface area contributed by atoms with Crippen LogP contribution in [0.15, 0.2) is 11.1 Å². The van der Waals surface area contributed by atoms with E-state index in [0.29, 0.717) is 25.0 Å². The van der Waals surface area contributed by atoms with Gasteiger partial charge in [0.15, 0.2) is 11.2 Å². The van der Waals surface area contributed by atoms with Gasteiger partial charge >= 0.3 is 5.97 Å². The number of imidazole rings is 1. The number of aliphatic hydroxyl groups is 1. The predicted molar refractivity (Wildman–Crippen MR) is 157 cm³/mol. The minimum atomic E-state index is -0.393. The van der Waals surface area contributed by atoms with Crippen LogP contribution in [0.2, 0.25) is 0 Å². The van der Waals surface area contributed by atoms with Crippen molar-refractivity contribution < 1.29 is 14.6 Å². The summed E-state index contributed by atoms with van der Waals surface area (Å²) in [6.45, 7) is 2.86. The Hall–Kier alpha value is -2.42. The number of ether oxygens (including phenoxy) is 1. The molecule has 0 aliphatic carbocycles. The zero-order chi connectivity index (χ0) is 28.1. The summed E-state index contributed by atoms with van der Waals surface area (Å²) in [6, 6.07) is 0. The molecule has 0 spiro atoms. The minimum absolute atomic E-state index is 0.0214. The molecule has 4 N–H and O–H groups in total. The number of fused-ring (bicyclic) bond motifs is 1. The number of hydrogen-bond acceptors (Lipinski definition) is 7. The fraction of sp³-hybridized carbons (Fsp3) is 0.800. The molecule has 0 bridgehead atoms. The molecule has 0 unspecified atom stereocenters. The highest BCUT2D eigenvalue weighted by molar-refractivity contribution is 5.70. The molecular formula is C30H53N5O4. The Bertz CT molecular complexity index is 974. The second kappa shape index (κ2) is 20.5. The molecule has 0 aromatic carbocycles. The van der Waals surface area contributed by atoms with Crippen molar-refractivity contribution in [3.05, 3.63) is 16.7 Å². The number of aromatic nitrogens is 4. The third kappa shape index (κ3) is 14.0. The Kier molecular flexibility index (Phi) is 17.2. The summed E-state index contributed by atoms with van der Waals surface area (Å²) in [5, 5.41) is 9.75. The Morgan fingerprint density at radius 3 is 2.03 bits per heavy atom. The largest absolute Gasteiger partial charge is 0.466 e. The number of nitrogen functional groups attached to an aromatic ring is 1. The van der Waals surface area contributed by atoms with Crippen LogP contribution in [-0.2, 0) is 16.1 Å². The van der Waals surface area contributed by atoms with Crippen molar-refractivity contribution in [2.45, 2.75) is 135 Å². The van der Waals surface area contributed by atoms with Gasteiger partial charge in [-0.25, -0.2) is 4.98 Å². The van der Waals surface area contributed by atoms with E-state index in [1.54, 1.807) is 4.57 Å². The van der Waals surface area contributed by atoms with E-state index >= 15 is 0 Å². The quantitative estimate of drug-likeness (QED) is 0.104. The van der Waals surface area contributed by atoms with E-state index in [2.05, 4.69) is 21.9 Å². The van der Waals surface area contributed by atoms with E-state index in [4.69, 9.17) is 10.5 Å². The number of esters is 1. The molecule has 0 saturated carbocycles. The highest BCUT2D eigenvalue weighted by atomic mass is 16.5. The second-order valence-electron chi connectivity index (χ2n) is 11.0. The van der Waals surface area contributed by atoms with E-state index in [-0.39, 0.29) is 36.6 Å². The maximum absolute atomic E-state index is 12.1. The molecule has 9 heteroatoms. The van der Waals surface area contributed by atoms with E-state index in [1.165, 1.54) is 103 Å². The summed E-state index contributed by atoms with van der Waals surface area (Å²) in [4.78, 5) is 34.6. The number of unbranched alkanes of at least 4 members (excludes halogenated alkanes) is 16. The van der Waals surface area contributed by atoms with E-state index < -0.39 is 5.56 Å². The van der Waals surface area contributed by atoms with E-state index in [9.17, 15) is 14.7 Å². The summed E-state index contributed by atoms with van der Waals surface area (Å²) in [5.74, 6) is -0.312. The molecule has 2 aromatic heterocycles. The highest BCUT2D eigenvalue weighted by Crippen LogP contribution is 2.15. The summed E-state index contributed by atoms with van der Waals surface area (Å²) in [7, 11) is 0. The summed E-state index contributed by atoms with van der Waals surface area (Å²) >= 11 is 0. The normalized spacial score (nSPS) is 12.3. The van der Waals surface area contributed by atoms with Crippen LogP contribution in [0.3, 0.4) is 0 Å². The molecule has 0 fully saturated rings. The van der Waals surface area contributed by atoms with Crippen molar-refractivity contribution in [3.8, 4) is 0 Å². The lowest BCUT2D eigenvalue weighted by Crippen LogP contribution is -2.19. The molecule has 0 saturated heterocycles. The standard InChI is InChI=1S/C30H53N5O4/c1-2-3-4-5-6-7-8-9-10-11-12-13-14-15-16-17-18-19-26(37)39-21-20-25(23-36)22-35-24-32-27-28(35)33-30(31)34-29(27)38/h24-25,36H,2-23H2,1H3,(H3,31,33,34,38)/t25-/m1/s1. The van der Waals surface area contributed by atoms with Crippen LogP contribution in [0, 0.1) is 5.92 Å². The van der Waals surface area contributed by atoms with E-state index in [0.717, 1.165) is 12.8 Å². The molecule has 0 aliphatic heterocycles. The molecule has 39 heavy (non-hydrogen) atoms. The van der Waals surface area contributed by atoms with Crippen LogP contribution in [0.1, 0.15) is 129 Å². The molecule has 2 rings (SSSR count). The fourth-order valence-corrected chi connectivity index (χ4v) is 5.03. The molecule has 1 atom stereocenters. The fourth-order valence-electron chi connectivity index (χ4n) is 5.03. The first-order valence-corrected chi connectivity index (χ1v) is 15.5. The average molecular weight is 548 g/mol. The number of carbonyl (C=O) groups excluding carboxylic acids is 1. The zero-order valence-corrected chi connectivity index (χ0v) is 24.3. The predicted octanol–water partition coefficient (Wildman–Crippen LogP) is 6.29. The Morgan fingerprint density at radius 2 is 1.49 bits per heavy atom. The van der Waals surface area contributed by atoms with Crippen LogP contribution >= 0.6 is 0 Å². The molecule has 0 radical (unpaired) electrons. The Morgan fingerprint density at radius 1 is 0.949 bits per heavy atom. The number of hydrogen-bond donors (Lipinski definition) is 3. The van der Waals surface area contributed by atoms with Crippen LogP contribution in [-0.4, -0.2) is 43.8 Å². The van der Waals surface area contributed by atoms with Gasteiger partial charge in [-0.15, -0.1) is 0 Å². The molecule has 0 aliphatic rings. The lowest BCUT2D eigenvalue weighted by atomic mass is 10.0. The maximum Gasteiger partial charge on any atom is 0.305 e. The lowest BCUT2D eigenvalue weighted by Gasteiger charge is -2.15. The van der Waals surface area contributed by atoms with Crippen molar-refractivity contribution >= 4 is 23.1 Å². The number of aliphatic hydroxyl groups excluding tert-OH is 1. The van der Waals surface area contributed by atoms with Crippen molar-refractivity contribution in [2.24, 2.45) is 5.92 Å². The number of nitrogens with two attached hydrogens (primary N) is 1. The van der Waals surface area contributed by atoms with Crippen LogP contribution in [0.5, 0.6) is 0 Å². The van der Waals surface area contributed by atoms with Gasteiger partial charge in [0, 0.05) is 25.5 Å². The number of nitrogens with zero attached hydrogens (tertiary/aromatic N) is 3. The molecule has 2 aromatic rings. The third-order valence-corrected chi connectivity index (χ3v) is 7.48. The van der Waals surface area contributed by atoms with E-state index in [1.807, 2.05) is 0 Å². The SMILES string of the molecule is CCCCCCCCCCCCCCCCCCCC(=O)OCC[C@@H](CO)Cn1cnc2c(=O)[nH]c(N)nc21. The first-order valence-electron chi connectivity index (χ1n) is 15.5. The smallest absolute Gasteiger partial charge is 0.305 e. The van der Waals surface area contributed by atoms with Gasteiger partial charge in [-0.1, -0.05) is 110 Å². The number of nitrogens with one attached hydrogen (secondary N) is 1. The summed E-state index contributed by atoms with van der Waals surface area (Å²) < 4.78 is 7.08. The van der Waals surface area contributed by atoms with Gasteiger partial charge in [-0.05, 0) is 12.8 Å². The van der Waals surface area contributed by atoms with Crippen molar-refractivity contribution in [1.29, 1.82) is 0 Å². The van der Waals surface area contributed by atoms with Crippen molar-refractivity contribution in [3.63, 3.8) is 0 Å². The molecule has 2 heterocycles. The summed E-state index contributed by atoms with van der Waals surface area (Å²) in [5.41, 5.74) is 5.83. The third-order valence-electron chi connectivity index (χ3n) is 7.48. The number of carbonyl (C=O) groups is 1.